The van der Waals surface area contributed by atoms with E-state index in [0.717, 1.165) is 13.1 Å². The minimum absolute atomic E-state index is 0.0899. The van der Waals surface area contributed by atoms with Gasteiger partial charge in [-0.1, -0.05) is 30.3 Å². The highest BCUT2D eigenvalue weighted by Gasteiger charge is 2.52. The number of methoxy groups -OCH3 is 2. The number of esters is 2. The van der Waals surface area contributed by atoms with E-state index in [0.29, 0.717) is 37.7 Å². The summed E-state index contributed by atoms with van der Waals surface area (Å²) in [6.07, 6.45) is -0.188. The van der Waals surface area contributed by atoms with Crippen molar-refractivity contribution in [3.63, 3.8) is 0 Å². The molecule has 3 saturated heterocycles. The van der Waals surface area contributed by atoms with Crippen molar-refractivity contribution in [2.24, 2.45) is 0 Å². The summed E-state index contributed by atoms with van der Waals surface area (Å²) in [5.74, 6) is -1.98. The minimum Gasteiger partial charge on any atom is -0.469 e. The van der Waals surface area contributed by atoms with Crippen LogP contribution in [0.5, 0.6) is 0 Å². The van der Waals surface area contributed by atoms with Crippen LogP contribution < -0.4 is 5.32 Å². The van der Waals surface area contributed by atoms with Crippen molar-refractivity contribution >= 4 is 29.8 Å². The molecule has 3 amide bonds. The first kappa shape index (κ1) is 34.1. The summed E-state index contributed by atoms with van der Waals surface area (Å²) in [6.45, 7) is 8.63. The molecule has 238 valence electrons. The molecule has 43 heavy (non-hydrogen) atoms. The number of carbonyl (C=O) groups is 5. The van der Waals surface area contributed by atoms with Gasteiger partial charge in [0.25, 0.3) is 5.91 Å². The van der Waals surface area contributed by atoms with Crippen LogP contribution in [0.2, 0.25) is 0 Å². The number of carbonyl (C=O) groups excluding carboxylic acids is 5. The van der Waals surface area contributed by atoms with Crippen LogP contribution in [0, 0.1) is 0 Å². The summed E-state index contributed by atoms with van der Waals surface area (Å²) >= 11 is 0. The van der Waals surface area contributed by atoms with Crippen molar-refractivity contribution in [1.82, 2.24) is 15.1 Å². The standard InChI is InChI=1S/C17H23NO5.C13H20N2O5/c1-21-15(19)8-9-17(16(20)22-2)13-18(10-11-23-17)12-14-6-4-3-5-7-14;1-12(2,3)20-11(18)15-9(16)4-5-13(10(15)17)8-14-6-7-19-13/h3-7H,8-13H2,1-2H3;14H,4-8H2,1-3H3. The van der Waals surface area contributed by atoms with Crippen LogP contribution in [0.15, 0.2) is 30.3 Å². The molecule has 1 N–H and O–H groups in total. The number of benzene rings is 1. The van der Waals surface area contributed by atoms with Gasteiger partial charge in [-0.05, 0) is 39.2 Å². The maximum absolute atomic E-state index is 12.5. The van der Waals surface area contributed by atoms with E-state index in [1.54, 1.807) is 20.8 Å². The summed E-state index contributed by atoms with van der Waals surface area (Å²) in [7, 11) is 2.66. The van der Waals surface area contributed by atoms with E-state index in [1.165, 1.54) is 19.8 Å². The summed E-state index contributed by atoms with van der Waals surface area (Å²) in [4.78, 5) is 62.8. The predicted octanol–water partition coefficient (Wildman–Crippen LogP) is 1.81. The molecule has 3 fully saturated rings. The Kier molecular flexibility index (Phi) is 11.8. The second-order valence-corrected chi connectivity index (χ2v) is 11.6. The molecule has 13 nitrogen and oxygen atoms in total. The van der Waals surface area contributed by atoms with Crippen LogP contribution in [-0.4, -0.2) is 110 Å². The topological polar surface area (TPSA) is 150 Å². The summed E-state index contributed by atoms with van der Waals surface area (Å²) in [5, 5.41) is 3.06. The Morgan fingerprint density at radius 2 is 1.74 bits per heavy atom. The largest absolute Gasteiger partial charge is 0.469 e. The second-order valence-electron chi connectivity index (χ2n) is 11.6. The molecule has 0 bridgehead atoms. The van der Waals surface area contributed by atoms with Crippen molar-refractivity contribution in [2.75, 3.05) is 53.6 Å². The fourth-order valence-corrected chi connectivity index (χ4v) is 5.10. The maximum Gasteiger partial charge on any atom is 0.424 e. The number of ether oxygens (including phenoxy) is 5. The molecule has 13 heteroatoms. The van der Waals surface area contributed by atoms with Crippen LogP contribution in [-0.2, 0) is 49.4 Å². The normalized spacial score (nSPS) is 24.5. The van der Waals surface area contributed by atoms with Crippen molar-refractivity contribution < 1.29 is 47.7 Å². The Morgan fingerprint density at radius 3 is 2.35 bits per heavy atom. The van der Waals surface area contributed by atoms with Gasteiger partial charge in [0.1, 0.15) is 5.60 Å². The number of piperidine rings is 1. The van der Waals surface area contributed by atoms with Crippen LogP contribution in [0.3, 0.4) is 0 Å². The molecule has 3 aliphatic rings. The smallest absolute Gasteiger partial charge is 0.424 e. The molecule has 1 spiro atoms. The van der Waals surface area contributed by atoms with E-state index in [2.05, 4.69) is 15.0 Å². The number of nitrogens with zero attached hydrogens (tertiary/aromatic N) is 2. The lowest BCUT2D eigenvalue weighted by Gasteiger charge is -2.41. The lowest BCUT2D eigenvalue weighted by molar-refractivity contribution is -0.184. The van der Waals surface area contributed by atoms with Gasteiger partial charge in [0.2, 0.25) is 5.91 Å². The molecule has 0 aliphatic carbocycles. The van der Waals surface area contributed by atoms with Gasteiger partial charge in [-0.15, -0.1) is 0 Å². The molecule has 1 aromatic rings. The Balaban J connectivity index is 0.000000238. The highest BCUT2D eigenvalue weighted by atomic mass is 16.6. The quantitative estimate of drug-likeness (QED) is 0.286. The van der Waals surface area contributed by atoms with Crippen LogP contribution in [0.1, 0.15) is 52.0 Å². The number of hydrogen-bond donors (Lipinski definition) is 1. The SMILES string of the molecule is CC(C)(C)OC(=O)N1C(=O)CCC2(CNCCO2)C1=O.COC(=O)CCC1(C(=O)OC)CN(Cc2ccccc2)CCO1. The lowest BCUT2D eigenvalue weighted by Crippen LogP contribution is -2.65. The summed E-state index contributed by atoms with van der Waals surface area (Å²) in [5.41, 5.74) is -1.84. The number of imide groups is 3. The zero-order valence-corrected chi connectivity index (χ0v) is 25.6. The third-order valence-corrected chi connectivity index (χ3v) is 7.26. The Hall–Kier alpha value is -3.39. The monoisotopic (exact) mass is 605 g/mol. The first-order valence-electron chi connectivity index (χ1n) is 14.4. The van der Waals surface area contributed by atoms with Gasteiger partial charge < -0.3 is 29.0 Å². The fraction of sp³-hybridized carbons (Fsp3) is 0.633. The molecule has 0 saturated carbocycles. The number of likely N-dealkylation sites (tertiary alicyclic amines) is 1. The molecule has 3 aliphatic heterocycles. The minimum atomic E-state index is -1.12. The number of hydrogen-bond acceptors (Lipinski definition) is 12. The number of morpholine rings is 2. The Morgan fingerprint density at radius 1 is 1.02 bits per heavy atom. The Labute approximate surface area is 252 Å². The average Bonchev–Trinajstić information content (AvgIpc) is 2.98. The van der Waals surface area contributed by atoms with E-state index < -0.39 is 40.7 Å². The van der Waals surface area contributed by atoms with Gasteiger partial charge in [0.05, 0.1) is 27.4 Å². The summed E-state index contributed by atoms with van der Waals surface area (Å²) in [6, 6.07) is 10.0. The number of rotatable bonds is 6. The van der Waals surface area contributed by atoms with Crippen LogP contribution in [0.25, 0.3) is 0 Å². The molecule has 4 rings (SSSR count). The molecular weight excluding hydrogens is 562 g/mol. The first-order valence-corrected chi connectivity index (χ1v) is 14.4. The van der Waals surface area contributed by atoms with E-state index in [1.807, 2.05) is 30.3 Å². The maximum atomic E-state index is 12.5. The highest BCUT2D eigenvalue weighted by Crippen LogP contribution is 2.30. The molecule has 2 atom stereocenters. The predicted molar refractivity (Wildman–Crippen MR) is 153 cm³/mol. The van der Waals surface area contributed by atoms with Crippen molar-refractivity contribution in [3.05, 3.63) is 35.9 Å². The third-order valence-electron chi connectivity index (χ3n) is 7.26. The Bertz CT molecular complexity index is 1150. The number of amides is 3. The highest BCUT2D eigenvalue weighted by molar-refractivity contribution is 6.13. The van der Waals surface area contributed by atoms with Crippen molar-refractivity contribution in [2.45, 2.75) is 69.8 Å². The van der Waals surface area contributed by atoms with Gasteiger partial charge >= 0.3 is 18.0 Å². The van der Waals surface area contributed by atoms with E-state index in [9.17, 15) is 24.0 Å². The van der Waals surface area contributed by atoms with Crippen LogP contribution >= 0.6 is 0 Å². The first-order chi connectivity index (χ1) is 20.3. The lowest BCUT2D eigenvalue weighted by atomic mass is 9.90. The zero-order valence-electron chi connectivity index (χ0n) is 25.6. The van der Waals surface area contributed by atoms with E-state index >= 15 is 0 Å². The van der Waals surface area contributed by atoms with E-state index in [-0.39, 0.29) is 31.7 Å². The van der Waals surface area contributed by atoms with Gasteiger partial charge in [0.15, 0.2) is 11.2 Å². The number of nitrogens with one attached hydrogen (secondary N) is 1. The van der Waals surface area contributed by atoms with Gasteiger partial charge in [-0.25, -0.2) is 9.59 Å². The van der Waals surface area contributed by atoms with Crippen molar-refractivity contribution in [1.29, 1.82) is 0 Å². The summed E-state index contributed by atoms with van der Waals surface area (Å²) < 4.78 is 26.0. The molecule has 0 aromatic heterocycles. The van der Waals surface area contributed by atoms with Crippen molar-refractivity contribution in [3.8, 4) is 0 Å². The fourth-order valence-electron chi connectivity index (χ4n) is 5.10. The molecular formula is C30H43N3O10. The molecule has 2 unspecified atom stereocenters. The van der Waals surface area contributed by atoms with Gasteiger partial charge in [-0.3, -0.25) is 19.3 Å². The van der Waals surface area contributed by atoms with Gasteiger partial charge in [0, 0.05) is 45.6 Å². The van der Waals surface area contributed by atoms with Gasteiger partial charge in [-0.2, -0.15) is 4.90 Å². The molecule has 0 radical (unpaired) electrons. The van der Waals surface area contributed by atoms with Crippen LogP contribution in [0.4, 0.5) is 4.79 Å². The molecule has 3 heterocycles. The zero-order chi connectivity index (χ0) is 31.7. The average molecular weight is 606 g/mol. The second kappa shape index (κ2) is 14.9. The third kappa shape index (κ3) is 9.05. The van der Waals surface area contributed by atoms with E-state index in [4.69, 9.17) is 18.9 Å². The molecule has 1 aromatic carbocycles.